The Labute approximate surface area is 113 Å². The first kappa shape index (κ1) is 11.9. The van der Waals surface area contributed by atoms with Crippen LogP contribution in [0.1, 0.15) is 18.1 Å². The molecule has 2 aromatic carbocycles. The molecule has 0 radical (unpaired) electrons. The maximum Gasteiger partial charge on any atom is 0.0707 e. The lowest BCUT2D eigenvalue weighted by Gasteiger charge is -2.11. The van der Waals surface area contributed by atoms with E-state index in [9.17, 15) is 0 Å². The number of rotatable bonds is 2. The molecule has 0 aliphatic heterocycles. The third kappa shape index (κ3) is 2.12. The molecule has 0 aliphatic rings. The minimum Gasteiger partial charge on any atom is -0.256 e. The van der Waals surface area contributed by atoms with Crippen LogP contribution < -0.4 is 0 Å². The molecule has 1 aromatic heterocycles. The Morgan fingerprint density at radius 3 is 2.53 bits per heavy atom. The zero-order valence-electron chi connectivity index (χ0n) is 11.4. The number of hydrogen-bond donors (Lipinski definition) is 0. The second-order valence-electron chi connectivity index (χ2n) is 4.87. The van der Waals surface area contributed by atoms with Crippen molar-refractivity contribution in [2.75, 3.05) is 0 Å². The average Bonchev–Trinajstić information content (AvgIpc) is 2.47. The van der Waals surface area contributed by atoms with E-state index in [0.29, 0.717) is 0 Å². The van der Waals surface area contributed by atoms with Gasteiger partial charge in [-0.2, -0.15) is 0 Å². The molecular formula is C18H17N. The summed E-state index contributed by atoms with van der Waals surface area (Å²) in [5, 5.41) is 1.25. The zero-order valence-corrected chi connectivity index (χ0v) is 11.4. The Bertz CT molecular complexity index is 714. The van der Waals surface area contributed by atoms with E-state index in [1.54, 1.807) is 0 Å². The van der Waals surface area contributed by atoms with E-state index < -0.39 is 0 Å². The zero-order chi connectivity index (χ0) is 13.2. The Kier molecular flexibility index (Phi) is 3.04. The van der Waals surface area contributed by atoms with E-state index in [4.69, 9.17) is 0 Å². The van der Waals surface area contributed by atoms with Gasteiger partial charge in [0.15, 0.2) is 0 Å². The second kappa shape index (κ2) is 4.85. The maximum atomic E-state index is 4.49. The number of fused-ring (bicyclic) bond motifs is 1. The van der Waals surface area contributed by atoms with Gasteiger partial charge in [0.05, 0.1) is 5.52 Å². The summed E-state index contributed by atoms with van der Waals surface area (Å²) in [7, 11) is 0. The summed E-state index contributed by atoms with van der Waals surface area (Å²) in [6.45, 7) is 4.34. The Morgan fingerprint density at radius 1 is 1.00 bits per heavy atom. The molecule has 1 heteroatoms. The van der Waals surface area contributed by atoms with E-state index >= 15 is 0 Å². The molecule has 0 saturated heterocycles. The van der Waals surface area contributed by atoms with Crippen LogP contribution in [0.25, 0.3) is 22.0 Å². The van der Waals surface area contributed by atoms with Gasteiger partial charge in [-0.25, -0.2) is 0 Å². The summed E-state index contributed by atoms with van der Waals surface area (Å²) in [5.41, 5.74) is 6.34. The van der Waals surface area contributed by atoms with Crippen molar-refractivity contribution in [2.24, 2.45) is 0 Å². The maximum absolute atomic E-state index is 4.49. The predicted molar refractivity (Wildman–Crippen MR) is 81.3 cm³/mol. The fourth-order valence-electron chi connectivity index (χ4n) is 2.55. The van der Waals surface area contributed by atoms with Crippen LogP contribution in [0.3, 0.4) is 0 Å². The van der Waals surface area contributed by atoms with Gasteiger partial charge in [0.1, 0.15) is 0 Å². The van der Waals surface area contributed by atoms with Crippen LogP contribution in [-0.4, -0.2) is 4.98 Å². The molecular weight excluding hydrogens is 230 g/mol. The SMILES string of the molecule is CCc1cc2nccc(C)c2cc1-c1ccccc1. The first-order chi connectivity index (χ1) is 9.29. The van der Waals surface area contributed by atoms with Crippen LogP contribution in [0.4, 0.5) is 0 Å². The van der Waals surface area contributed by atoms with Crippen molar-refractivity contribution in [2.45, 2.75) is 20.3 Å². The predicted octanol–water partition coefficient (Wildman–Crippen LogP) is 4.77. The van der Waals surface area contributed by atoms with Crippen LogP contribution in [0, 0.1) is 6.92 Å². The van der Waals surface area contributed by atoms with Crippen LogP contribution >= 0.6 is 0 Å². The van der Waals surface area contributed by atoms with Crippen molar-refractivity contribution in [1.82, 2.24) is 4.98 Å². The molecule has 1 heterocycles. The molecule has 0 bridgehead atoms. The molecule has 0 unspecified atom stereocenters. The number of hydrogen-bond acceptors (Lipinski definition) is 1. The molecule has 0 N–H and O–H groups in total. The third-order valence-electron chi connectivity index (χ3n) is 3.65. The molecule has 0 fully saturated rings. The fraction of sp³-hybridized carbons (Fsp3) is 0.167. The molecule has 0 amide bonds. The highest BCUT2D eigenvalue weighted by Crippen LogP contribution is 2.29. The van der Waals surface area contributed by atoms with Crippen molar-refractivity contribution in [3.8, 4) is 11.1 Å². The van der Waals surface area contributed by atoms with Gasteiger partial charge in [0, 0.05) is 11.6 Å². The molecule has 94 valence electrons. The monoisotopic (exact) mass is 247 g/mol. The minimum atomic E-state index is 1.02. The van der Waals surface area contributed by atoms with Crippen molar-refractivity contribution in [1.29, 1.82) is 0 Å². The standard InChI is InChI=1S/C18H17N/c1-3-14-11-18-16(13(2)9-10-19-18)12-17(14)15-7-5-4-6-8-15/h4-12H,3H2,1-2H3. The van der Waals surface area contributed by atoms with Crippen molar-refractivity contribution < 1.29 is 0 Å². The molecule has 0 atom stereocenters. The highest BCUT2D eigenvalue weighted by Gasteiger charge is 2.07. The van der Waals surface area contributed by atoms with Gasteiger partial charge in [0.25, 0.3) is 0 Å². The second-order valence-corrected chi connectivity index (χ2v) is 4.87. The largest absolute Gasteiger partial charge is 0.256 e. The molecule has 3 aromatic rings. The van der Waals surface area contributed by atoms with Crippen LogP contribution in [0.5, 0.6) is 0 Å². The van der Waals surface area contributed by atoms with Gasteiger partial charge < -0.3 is 0 Å². The number of benzene rings is 2. The van der Waals surface area contributed by atoms with E-state index in [0.717, 1.165) is 11.9 Å². The first-order valence-corrected chi connectivity index (χ1v) is 6.73. The fourth-order valence-corrected chi connectivity index (χ4v) is 2.55. The average molecular weight is 247 g/mol. The van der Waals surface area contributed by atoms with Crippen LogP contribution in [0.2, 0.25) is 0 Å². The Morgan fingerprint density at radius 2 is 1.79 bits per heavy atom. The van der Waals surface area contributed by atoms with Gasteiger partial charge in [-0.3, -0.25) is 4.98 Å². The van der Waals surface area contributed by atoms with Gasteiger partial charge in [-0.1, -0.05) is 37.3 Å². The lowest BCUT2D eigenvalue weighted by molar-refractivity contribution is 1.14. The number of nitrogens with zero attached hydrogens (tertiary/aromatic N) is 1. The van der Waals surface area contributed by atoms with Gasteiger partial charge >= 0.3 is 0 Å². The number of pyridine rings is 1. The normalized spacial score (nSPS) is 10.8. The molecule has 0 saturated carbocycles. The summed E-state index contributed by atoms with van der Waals surface area (Å²) >= 11 is 0. The van der Waals surface area contributed by atoms with E-state index in [2.05, 4.69) is 67.4 Å². The minimum absolute atomic E-state index is 1.02. The molecule has 0 spiro atoms. The Hall–Kier alpha value is -2.15. The molecule has 0 aliphatic carbocycles. The summed E-state index contributed by atoms with van der Waals surface area (Å²) in [5.74, 6) is 0. The highest BCUT2D eigenvalue weighted by atomic mass is 14.6. The molecule has 3 rings (SSSR count). The van der Waals surface area contributed by atoms with E-state index in [1.807, 2.05) is 6.20 Å². The van der Waals surface area contributed by atoms with Crippen molar-refractivity contribution >= 4 is 10.9 Å². The van der Waals surface area contributed by atoms with Crippen LogP contribution in [0.15, 0.2) is 54.7 Å². The lowest BCUT2D eigenvalue weighted by atomic mass is 9.95. The molecule has 19 heavy (non-hydrogen) atoms. The van der Waals surface area contributed by atoms with Crippen LogP contribution in [-0.2, 0) is 6.42 Å². The topological polar surface area (TPSA) is 12.9 Å². The van der Waals surface area contributed by atoms with Gasteiger partial charge in [-0.05, 0) is 53.8 Å². The summed E-state index contributed by atoms with van der Waals surface area (Å²) < 4.78 is 0. The summed E-state index contributed by atoms with van der Waals surface area (Å²) in [4.78, 5) is 4.49. The van der Waals surface area contributed by atoms with Crippen molar-refractivity contribution in [3.63, 3.8) is 0 Å². The number of aryl methyl sites for hydroxylation is 2. The molecule has 1 nitrogen and oxygen atoms in total. The summed E-state index contributed by atoms with van der Waals surface area (Å²) in [6, 6.07) is 17.2. The van der Waals surface area contributed by atoms with E-state index in [1.165, 1.54) is 27.6 Å². The van der Waals surface area contributed by atoms with E-state index in [-0.39, 0.29) is 0 Å². The van der Waals surface area contributed by atoms with Gasteiger partial charge in [-0.15, -0.1) is 0 Å². The van der Waals surface area contributed by atoms with Crippen molar-refractivity contribution in [3.05, 3.63) is 65.9 Å². The van der Waals surface area contributed by atoms with Gasteiger partial charge in [0.2, 0.25) is 0 Å². The smallest absolute Gasteiger partial charge is 0.0707 e. The Balaban J connectivity index is 2.32. The number of aromatic nitrogens is 1. The lowest BCUT2D eigenvalue weighted by Crippen LogP contribution is -1.91. The summed E-state index contributed by atoms with van der Waals surface area (Å²) in [6.07, 6.45) is 2.91. The quantitative estimate of drug-likeness (QED) is 0.635. The highest BCUT2D eigenvalue weighted by molar-refractivity contribution is 5.88. The first-order valence-electron chi connectivity index (χ1n) is 6.73. The third-order valence-corrected chi connectivity index (χ3v) is 3.65.